The molecule has 0 spiro atoms. The molecule has 31 heavy (non-hydrogen) atoms. The molecular weight excluding hydrogens is 414 g/mol. The van der Waals surface area contributed by atoms with E-state index in [0.29, 0.717) is 35.8 Å². The quantitative estimate of drug-likeness (QED) is 0.635. The van der Waals surface area contributed by atoms with Crippen LogP contribution in [-0.2, 0) is 11.8 Å². The summed E-state index contributed by atoms with van der Waals surface area (Å²) in [5.41, 5.74) is 2.16. The van der Waals surface area contributed by atoms with Crippen molar-refractivity contribution >= 4 is 28.3 Å². The number of aryl methyl sites for hydroxylation is 1. The Kier molecular flexibility index (Phi) is 6.43. The summed E-state index contributed by atoms with van der Waals surface area (Å²) in [7, 11) is 1.80. The van der Waals surface area contributed by atoms with Crippen LogP contribution in [0, 0.1) is 0 Å². The Labute approximate surface area is 184 Å². The van der Waals surface area contributed by atoms with Crippen molar-refractivity contribution in [2.24, 2.45) is 7.05 Å². The van der Waals surface area contributed by atoms with Gasteiger partial charge in [0.2, 0.25) is 0 Å². The molecule has 0 radical (unpaired) electrons. The molecule has 0 aliphatic carbocycles. The van der Waals surface area contributed by atoms with Gasteiger partial charge in [0, 0.05) is 49.6 Å². The lowest BCUT2D eigenvalue weighted by atomic mass is 9.95. The molecule has 8 nitrogen and oxygen atoms in total. The first-order chi connectivity index (χ1) is 15.0. The Morgan fingerprint density at radius 1 is 1.29 bits per heavy atom. The van der Waals surface area contributed by atoms with Crippen LogP contribution in [0.5, 0.6) is 0 Å². The number of hydrogen-bond donors (Lipinski definition) is 1. The van der Waals surface area contributed by atoms with Crippen molar-refractivity contribution in [3.05, 3.63) is 64.9 Å². The van der Waals surface area contributed by atoms with E-state index in [1.807, 2.05) is 29.3 Å². The normalized spacial score (nSPS) is 18.5. The fourth-order valence-electron chi connectivity index (χ4n) is 3.86. The van der Waals surface area contributed by atoms with Crippen LogP contribution >= 0.6 is 11.3 Å². The minimum atomic E-state index is -0.192. The molecule has 1 N–H and O–H groups in total. The van der Waals surface area contributed by atoms with Crippen molar-refractivity contribution in [1.29, 1.82) is 0 Å². The first-order valence-electron chi connectivity index (χ1n) is 10.3. The van der Waals surface area contributed by atoms with Crippen LogP contribution in [0.15, 0.2) is 48.2 Å². The second kappa shape index (κ2) is 9.40. The van der Waals surface area contributed by atoms with Crippen molar-refractivity contribution in [1.82, 2.24) is 19.7 Å². The van der Waals surface area contributed by atoms with Gasteiger partial charge in [-0.15, -0.1) is 11.3 Å². The highest BCUT2D eigenvalue weighted by Gasteiger charge is 2.31. The van der Waals surface area contributed by atoms with Gasteiger partial charge in [0.05, 0.1) is 17.9 Å². The number of carbonyl (C=O) groups excluding carboxylic acids is 2. The average molecular weight is 440 g/mol. The molecule has 0 saturated carbocycles. The Morgan fingerprint density at radius 2 is 2.10 bits per heavy atom. The highest BCUT2D eigenvalue weighted by Crippen LogP contribution is 2.31. The summed E-state index contributed by atoms with van der Waals surface area (Å²) < 4.78 is 7.64. The topological polar surface area (TPSA) is 89.4 Å². The van der Waals surface area contributed by atoms with Crippen LogP contribution in [0.3, 0.4) is 0 Å². The van der Waals surface area contributed by atoms with Crippen molar-refractivity contribution in [3.63, 3.8) is 0 Å². The van der Waals surface area contributed by atoms with Crippen LogP contribution in [0.2, 0.25) is 0 Å². The van der Waals surface area contributed by atoms with E-state index in [1.165, 1.54) is 11.3 Å². The maximum atomic E-state index is 13.0. The smallest absolute Gasteiger partial charge is 0.257 e. The monoisotopic (exact) mass is 439 g/mol. The maximum Gasteiger partial charge on any atom is 0.257 e. The van der Waals surface area contributed by atoms with Crippen molar-refractivity contribution in [2.75, 3.05) is 18.5 Å². The number of hydrogen-bond acceptors (Lipinski definition) is 6. The van der Waals surface area contributed by atoms with E-state index in [4.69, 9.17) is 4.74 Å². The van der Waals surface area contributed by atoms with Gasteiger partial charge < -0.3 is 9.64 Å². The summed E-state index contributed by atoms with van der Waals surface area (Å²) in [5.74, 6) is -0.196. The maximum absolute atomic E-state index is 13.0. The fraction of sp³-hybridized carbons (Fsp3) is 0.364. The Morgan fingerprint density at radius 3 is 2.74 bits per heavy atom. The number of anilines is 1. The van der Waals surface area contributed by atoms with Crippen molar-refractivity contribution in [3.8, 4) is 0 Å². The van der Waals surface area contributed by atoms with Crippen LogP contribution in [0.25, 0.3) is 0 Å². The third-order valence-corrected chi connectivity index (χ3v) is 6.14. The minimum Gasteiger partial charge on any atom is -0.373 e. The third-order valence-electron chi connectivity index (χ3n) is 5.45. The van der Waals surface area contributed by atoms with E-state index in [0.717, 1.165) is 12.0 Å². The summed E-state index contributed by atoms with van der Waals surface area (Å²) >= 11 is 1.38. The molecule has 1 fully saturated rings. The zero-order valence-electron chi connectivity index (χ0n) is 17.5. The number of nitrogens with one attached hydrogen (secondary N) is 1. The molecular formula is C22H25N5O3S. The zero-order valence-corrected chi connectivity index (χ0v) is 18.3. The van der Waals surface area contributed by atoms with Gasteiger partial charge >= 0.3 is 0 Å². The van der Waals surface area contributed by atoms with E-state index in [1.54, 1.807) is 42.5 Å². The molecule has 1 saturated heterocycles. The molecule has 4 rings (SSSR count). The molecule has 2 atom stereocenters. The molecule has 1 aliphatic heterocycles. The minimum absolute atomic E-state index is 0.00421. The third kappa shape index (κ3) is 4.83. The van der Waals surface area contributed by atoms with Gasteiger partial charge in [-0.3, -0.25) is 19.6 Å². The van der Waals surface area contributed by atoms with Gasteiger partial charge in [-0.25, -0.2) is 4.98 Å². The predicted molar refractivity (Wildman–Crippen MR) is 118 cm³/mol. The highest BCUT2D eigenvalue weighted by molar-refractivity contribution is 7.13. The summed E-state index contributed by atoms with van der Waals surface area (Å²) in [6.45, 7) is 3.20. The lowest BCUT2D eigenvalue weighted by molar-refractivity contribution is -0.0231. The van der Waals surface area contributed by atoms with Gasteiger partial charge in [-0.05, 0) is 37.5 Å². The second-order valence-corrected chi connectivity index (χ2v) is 8.34. The number of aromatic nitrogens is 3. The summed E-state index contributed by atoms with van der Waals surface area (Å²) in [6.07, 6.45) is 6.40. The van der Waals surface area contributed by atoms with Gasteiger partial charge in [0.25, 0.3) is 11.8 Å². The zero-order chi connectivity index (χ0) is 21.8. The summed E-state index contributed by atoms with van der Waals surface area (Å²) in [5, 5.41) is 9.29. The van der Waals surface area contributed by atoms with E-state index >= 15 is 0 Å². The molecule has 0 bridgehead atoms. The predicted octanol–water partition coefficient (Wildman–Crippen LogP) is 3.51. The van der Waals surface area contributed by atoms with E-state index in [2.05, 4.69) is 15.4 Å². The van der Waals surface area contributed by atoms with Crippen LogP contribution in [0.1, 0.15) is 52.1 Å². The molecule has 0 unspecified atom stereocenters. The number of rotatable bonds is 6. The first-order valence-corrected chi connectivity index (χ1v) is 11.1. The van der Waals surface area contributed by atoms with Crippen LogP contribution in [-0.4, -0.2) is 50.7 Å². The van der Waals surface area contributed by atoms with E-state index < -0.39 is 0 Å². The molecule has 162 valence electrons. The lowest BCUT2D eigenvalue weighted by Gasteiger charge is -2.37. The molecule has 9 heteroatoms. The lowest BCUT2D eigenvalue weighted by Crippen LogP contribution is -2.43. The molecule has 3 aromatic rings. The number of ether oxygens (including phenoxy) is 1. The highest BCUT2D eigenvalue weighted by atomic mass is 32.1. The number of amides is 2. The van der Waals surface area contributed by atoms with Gasteiger partial charge in [-0.2, -0.15) is 5.10 Å². The first kappa shape index (κ1) is 21.2. The van der Waals surface area contributed by atoms with E-state index in [-0.39, 0.29) is 24.0 Å². The van der Waals surface area contributed by atoms with Gasteiger partial charge in [0.1, 0.15) is 0 Å². The van der Waals surface area contributed by atoms with Crippen molar-refractivity contribution in [2.45, 2.75) is 31.9 Å². The molecule has 3 heterocycles. The fourth-order valence-corrected chi connectivity index (χ4v) is 4.39. The number of benzene rings is 1. The molecule has 1 aromatic carbocycles. The standard InChI is InChI=1S/C22H25N5O3S/c1-3-27(21(29)17-13-24-26(2)14-17)18-8-10-30-19(12-18)15-4-6-16(7-5-15)20(28)25-22-23-9-11-31-22/h4-7,9,11,13-14,18-19H,3,8,10,12H2,1-2H3,(H,23,25,28)/t18-,19+/m1/s1. The Hall–Kier alpha value is -3.04. The van der Waals surface area contributed by atoms with Gasteiger partial charge in [0.15, 0.2) is 5.13 Å². The summed E-state index contributed by atoms with van der Waals surface area (Å²) in [4.78, 5) is 31.3. The second-order valence-electron chi connectivity index (χ2n) is 7.44. The average Bonchev–Trinajstić information content (AvgIpc) is 3.46. The number of thiazole rings is 1. The Bertz CT molecular complexity index is 1030. The molecule has 1 aliphatic rings. The van der Waals surface area contributed by atoms with Gasteiger partial charge in [-0.1, -0.05) is 12.1 Å². The molecule has 2 aromatic heterocycles. The van der Waals surface area contributed by atoms with Crippen LogP contribution in [0.4, 0.5) is 5.13 Å². The Balaban J connectivity index is 1.42. The van der Waals surface area contributed by atoms with Crippen LogP contribution < -0.4 is 5.32 Å². The largest absolute Gasteiger partial charge is 0.373 e. The molecule has 2 amide bonds. The number of nitrogens with zero attached hydrogens (tertiary/aromatic N) is 4. The number of carbonyl (C=O) groups is 2. The van der Waals surface area contributed by atoms with E-state index in [9.17, 15) is 9.59 Å². The van der Waals surface area contributed by atoms with Crippen molar-refractivity contribution < 1.29 is 14.3 Å². The summed E-state index contributed by atoms with van der Waals surface area (Å²) in [6, 6.07) is 7.52. The SMILES string of the molecule is CCN(C(=O)c1cnn(C)c1)[C@@H]1CCO[C@H](c2ccc(C(=O)Nc3nccs3)cc2)C1.